The van der Waals surface area contributed by atoms with Crippen molar-refractivity contribution in [1.82, 2.24) is 9.97 Å². The molecule has 23 heavy (non-hydrogen) atoms. The maximum absolute atomic E-state index is 12.5. The van der Waals surface area contributed by atoms with Crippen molar-refractivity contribution in [3.05, 3.63) is 35.0 Å². The third-order valence-electron chi connectivity index (χ3n) is 3.44. The first-order chi connectivity index (χ1) is 11.0. The molecule has 6 nitrogen and oxygen atoms in total. The molecule has 0 aliphatic heterocycles. The molecule has 1 atom stereocenters. The molecule has 0 aromatic carbocycles. The summed E-state index contributed by atoms with van der Waals surface area (Å²) in [4.78, 5) is 20.7. The number of carbonyl (C=O) groups excluding carboxylic acids is 1. The number of nitrogens with zero attached hydrogens (tertiary/aromatic N) is 3. The van der Waals surface area contributed by atoms with E-state index in [9.17, 15) is 10.1 Å². The molecule has 0 saturated heterocycles. The Morgan fingerprint density at radius 3 is 2.78 bits per heavy atom. The molecule has 2 aromatic rings. The van der Waals surface area contributed by atoms with Gasteiger partial charge in [-0.05, 0) is 33.3 Å². The smallest absolute Gasteiger partial charge is 0.240 e. The Morgan fingerprint density at radius 1 is 1.43 bits per heavy atom. The van der Waals surface area contributed by atoms with E-state index < -0.39 is 0 Å². The summed E-state index contributed by atoms with van der Waals surface area (Å²) in [7, 11) is 0. The SMILES string of the molecule is CCC(Sc1cc(C)ncn1)C(=O)Nc1oc(C)c(C)c1C#N. The van der Waals surface area contributed by atoms with Crippen molar-refractivity contribution in [3.63, 3.8) is 0 Å². The molecule has 2 rings (SSSR count). The highest BCUT2D eigenvalue weighted by Gasteiger charge is 2.23. The number of amides is 1. The second-order valence-electron chi connectivity index (χ2n) is 5.10. The molecule has 7 heteroatoms. The fourth-order valence-corrected chi connectivity index (χ4v) is 2.98. The van der Waals surface area contributed by atoms with Crippen molar-refractivity contribution in [2.45, 2.75) is 44.4 Å². The fraction of sp³-hybridized carbons (Fsp3) is 0.375. The zero-order valence-electron chi connectivity index (χ0n) is 13.5. The zero-order chi connectivity index (χ0) is 17.0. The first kappa shape index (κ1) is 17.0. The first-order valence-corrected chi connectivity index (χ1v) is 8.10. The summed E-state index contributed by atoms with van der Waals surface area (Å²) in [5.74, 6) is 0.633. The first-order valence-electron chi connectivity index (χ1n) is 7.22. The summed E-state index contributed by atoms with van der Waals surface area (Å²) in [5.41, 5.74) is 1.96. The number of anilines is 1. The summed E-state index contributed by atoms with van der Waals surface area (Å²) in [6, 6.07) is 3.90. The average Bonchev–Trinajstić information content (AvgIpc) is 2.78. The molecule has 0 aliphatic rings. The minimum absolute atomic E-state index is 0.209. The van der Waals surface area contributed by atoms with Crippen LogP contribution in [0, 0.1) is 32.1 Å². The van der Waals surface area contributed by atoms with E-state index in [-0.39, 0.29) is 17.0 Å². The van der Waals surface area contributed by atoms with E-state index in [1.165, 1.54) is 18.1 Å². The molecule has 0 aliphatic carbocycles. The van der Waals surface area contributed by atoms with Crippen LogP contribution in [0.4, 0.5) is 5.88 Å². The molecule has 0 radical (unpaired) electrons. The Labute approximate surface area is 139 Å². The summed E-state index contributed by atoms with van der Waals surface area (Å²) in [6.07, 6.45) is 2.11. The number of carbonyl (C=O) groups is 1. The number of rotatable bonds is 5. The number of hydrogen-bond donors (Lipinski definition) is 1. The molecule has 1 amide bonds. The van der Waals surface area contributed by atoms with Gasteiger partial charge >= 0.3 is 0 Å². The number of thioether (sulfide) groups is 1. The lowest BCUT2D eigenvalue weighted by molar-refractivity contribution is -0.115. The van der Waals surface area contributed by atoms with E-state index >= 15 is 0 Å². The molecule has 1 unspecified atom stereocenters. The second kappa shape index (κ2) is 7.29. The third-order valence-corrected chi connectivity index (χ3v) is 4.74. The van der Waals surface area contributed by atoms with Gasteiger partial charge < -0.3 is 4.42 Å². The van der Waals surface area contributed by atoms with E-state index in [2.05, 4.69) is 21.4 Å². The molecule has 2 heterocycles. The van der Waals surface area contributed by atoms with Gasteiger partial charge in [0.05, 0.1) is 5.25 Å². The van der Waals surface area contributed by atoms with Crippen LogP contribution in [0.3, 0.4) is 0 Å². The predicted octanol–water partition coefficient (Wildman–Crippen LogP) is 3.38. The number of furan rings is 1. The summed E-state index contributed by atoms with van der Waals surface area (Å²) < 4.78 is 5.48. The van der Waals surface area contributed by atoms with Crippen LogP contribution in [0.15, 0.2) is 21.8 Å². The van der Waals surface area contributed by atoms with Crippen LogP contribution in [0.5, 0.6) is 0 Å². The minimum atomic E-state index is -0.332. The van der Waals surface area contributed by atoms with Crippen molar-refractivity contribution in [2.75, 3.05) is 5.32 Å². The standard InChI is InChI=1S/C16H18N4O2S/c1-5-13(23-14-6-9(2)18-8-19-14)15(21)20-16-12(7-17)10(3)11(4)22-16/h6,8,13H,5H2,1-4H3,(H,20,21). The van der Waals surface area contributed by atoms with Crippen LogP contribution >= 0.6 is 11.8 Å². The van der Waals surface area contributed by atoms with E-state index in [0.29, 0.717) is 17.7 Å². The summed E-state index contributed by atoms with van der Waals surface area (Å²) in [5, 5.41) is 12.3. The maximum atomic E-state index is 12.5. The van der Waals surface area contributed by atoms with Gasteiger partial charge in [0.15, 0.2) is 0 Å². The molecule has 0 fully saturated rings. The van der Waals surface area contributed by atoms with Crippen molar-refractivity contribution in [1.29, 1.82) is 5.26 Å². The van der Waals surface area contributed by atoms with Gasteiger partial charge in [-0.2, -0.15) is 5.26 Å². The lowest BCUT2D eigenvalue weighted by atomic mass is 10.2. The Bertz CT molecular complexity index is 764. The van der Waals surface area contributed by atoms with Crippen LogP contribution in [0.1, 0.15) is 35.9 Å². The molecule has 1 N–H and O–H groups in total. The van der Waals surface area contributed by atoms with Crippen LogP contribution < -0.4 is 5.32 Å². The Balaban J connectivity index is 2.15. The van der Waals surface area contributed by atoms with Crippen molar-refractivity contribution in [2.24, 2.45) is 0 Å². The number of aryl methyl sites for hydroxylation is 2. The number of nitriles is 1. The van der Waals surface area contributed by atoms with Crippen LogP contribution in [0.25, 0.3) is 0 Å². The minimum Gasteiger partial charge on any atom is -0.444 e. The van der Waals surface area contributed by atoms with Gasteiger partial charge in [0.2, 0.25) is 11.8 Å². The Morgan fingerprint density at radius 2 is 2.17 bits per heavy atom. The van der Waals surface area contributed by atoms with Gasteiger partial charge in [0.25, 0.3) is 0 Å². The van der Waals surface area contributed by atoms with Gasteiger partial charge in [0, 0.05) is 11.3 Å². The number of aromatic nitrogens is 2. The van der Waals surface area contributed by atoms with E-state index in [1.54, 1.807) is 13.8 Å². The van der Waals surface area contributed by atoms with E-state index in [1.807, 2.05) is 19.9 Å². The highest BCUT2D eigenvalue weighted by molar-refractivity contribution is 8.00. The third kappa shape index (κ3) is 3.90. The molecule has 0 spiro atoms. The van der Waals surface area contributed by atoms with Gasteiger partial charge in [-0.1, -0.05) is 18.7 Å². The normalized spacial score (nSPS) is 11.8. The topological polar surface area (TPSA) is 91.8 Å². The number of hydrogen-bond acceptors (Lipinski definition) is 6. The van der Waals surface area contributed by atoms with Crippen molar-refractivity contribution >= 4 is 23.6 Å². The molecule has 0 bridgehead atoms. The van der Waals surface area contributed by atoms with E-state index in [0.717, 1.165) is 16.3 Å². The molecule has 0 saturated carbocycles. The van der Waals surface area contributed by atoms with Crippen LogP contribution in [-0.2, 0) is 4.79 Å². The van der Waals surface area contributed by atoms with E-state index in [4.69, 9.17) is 4.42 Å². The Hall–Kier alpha value is -2.33. The highest BCUT2D eigenvalue weighted by atomic mass is 32.2. The van der Waals surface area contributed by atoms with Gasteiger partial charge in [0.1, 0.15) is 28.7 Å². The van der Waals surface area contributed by atoms with Crippen LogP contribution in [0.2, 0.25) is 0 Å². The fourth-order valence-electron chi connectivity index (χ4n) is 2.00. The lowest BCUT2D eigenvalue weighted by Crippen LogP contribution is -2.24. The zero-order valence-corrected chi connectivity index (χ0v) is 14.3. The second-order valence-corrected chi connectivity index (χ2v) is 6.32. The molecule has 2 aromatic heterocycles. The lowest BCUT2D eigenvalue weighted by Gasteiger charge is -2.13. The average molecular weight is 330 g/mol. The van der Waals surface area contributed by atoms with Crippen molar-refractivity contribution in [3.8, 4) is 6.07 Å². The molecular weight excluding hydrogens is 312 g/mol. The maximum Gasteiger partial charge on any atom is 0.240 e. The van der Waals surface area contributed by atoms with Gasteiger partial charge in [-0.25, -0.2) is 9.97 Å². The Kier molecular flexibility index (Phi) is 5.40. The molecule has 120 valence electrons. The largest absolute Gasteiger partial charge is 0.444 e. The summed E-state index contributed by atoms with van der Waals surface area (Å²) >= 11 is 1.37. The van der Waals surface area contributed by atoms with Crippen molar-refractivity contribution < 1.29 is 9.21 Å². The monoisotopic (exact) mass is 330 g/mol. The highest BCUT2D eigenvalue weighted by Crippen LogP contribution is 2.28. The number of nitrogens with one attached hydrogen (secondary N) is 1. The predicted molar refractivity (Wildman–Crippen MR) is 88.2 cm³/mol. The molecular formula is C16H18N4O2S. The van der Waals surface area contributed by atoms with Crippen LogP contribution in [-0.4, -0.2) is 21.1 Å². The quantitative estimate of drug-likeness (QED) is 0.667. The summed E-state index contributed by atoms with van der Waals surface area (Å²) in [6.45, 7) is 7.36. The van der Waals surface area contributed by atoms with Gasteiger partial charge in [-0.3, -0.25) is 10.1 Å². The van der Waals surface area contributed by atoms with Gasteiger partial charge in [-0.15, -0.1) is 0 Å².